The molecule has 8 nitrogen and oxygen atoms in total. The van der Waals surface area contributed by atoms with E-state index in [9.17, 15) is 0 Å². The topological polar surface area (TPSA) is 110 Å². The third-order valence-corrected chi connectivity index (χ3v) is 6.40. The van der Waals surface area contributed by atoms with Crippen molar-refractivity contribution in [2.75, 3.05) is 98.2 Å². The summed E-state index contributed by atoms with van der Waals surface area (Å²) < 4.78 is 0. The molecule has 0 saturated heterocycles. The van der Waals surface area contributed by atoms with Gasteiger partial charge in [-0.05, 0) is 13.0 Å². The van der Waals surface area contributed by atoms with Crippen LogP contribution in [0.4, 0.5) is 0 Å². The van der Waals surface area contributed by atoms with Gasteiger partial charge in [0.1, 0.15) is 0 Å². The zero-order valence-corrected chi connectivity index (χ0v) is 24.2. The monoisotopic (exact) mass is 515 g/mol. The molecule has 0 atom stereocenters. The van der Waals surface area contributed by atoms with Crippen molar-refractivity contribution in [2.45, 2.75) is 84.0 Å². The number of rotatable bonds is 33. The van der Waals surface area contributed by atoms with Crippen molar-refractivity contribution in [3.63, 3.8) is 0 Å². The maximum absolute atomic E-state index is 5.44. The Bertz CT molecular complexity index is 339. The first-order chi connectivity index (χ1) is 17.9. The Labute approximate surface area is 225 Å². The van der Waals surface area contributed by atoms with E-state index in [0.717, 1.165) is 85.1 Å². The summed E-state index contributed by atoms with van der Waals surface area (Å²) in [5.41, 5.74) is 5.44. The van der Waals surface area contributed by atoms with Crippen molar-refractivity contribution in [2.24, 2.45) is 5.73 Å². The van der Waals surface area contributed by atoms with E-state index in [1.165, 1.54) is 83.6 Å². The molecule has 36 heavy (non-hydrogen) atoms. The van der Waals surface area contributed by atoms with Crippen LogP contribution in [-0.4, -0.2) is 98.2 Å². The molecule has 0 bridgehead atoms. The van der Waals surface area contributed by atoms with E-state index in [0.29, 0.717) is 6.54 Å². The molecule has 0 aliphatic carbocycles. The highest BCUT2D eigenvalue weighted by Crippen LogP contribution is 2.11. The first kappa shape index (κ1) is 35.7. The molecule has 0 saturated carbocycles. The van der Waals surface area contributed by atoms with Gasteiger partial charge < -0.3 is 43.0 Å². The number of nitrogens with two attached hydrogens (primary N) is 1. The number of unbranched alkanes of at least 4 members (excludes halogenated alkanes) is 11. The van der Waals surface area contributed by atoms with Crippen molar-refractivity contribution in [1.29, 1.82) is 0 Å². The van der Waals surface area contributed by atoms with Gasteiger partial charge in [-0.1, -0.05) is 77.6 Å². The molecule has 0 spiro atoms. The largest absolute Gasteiger partial charge is 0.329 e. The predicted molar refractivity (Wildman–Crippen MR) is 160 cm³/mol. The van der Waals surface area contributed by atoms with Crippen LogP contribution < -0.4 is 43.0 Å². The molecule has 218 valence electrons. The Morgan fingerprint density at radius 2 is 0.556 bits per heavy atom. The first-order valence-electron chi connectivity index (χ1n) is 15.6. The van der Waals surface area contributed by atoms with Gasteiger partial charge in [0.25, 0.3) is 0 Å². The van der Waals surface area contributed by atoms with Crippen LogP contribution in [0.5, 0.6) is 0 Å². The van der Waals surface area contributed by atoms with Gasteiger partial charge in [0, 0.05) is 91.6 Å². The molecule has 0 unspecified atom stereocenters. The van der Waals surface area contributed by atoms with Crippen LogP contribution >= 0.6 is 0 Å². The van der Waals surface area contributed by atoms with Crippen molar-refractivity contribution in [3.8, 4) is 0 Å². The van der Waals surface area contributed by atoms with Gasteiger partial charge in [0.15, 0.2) is 0 Å². The van der Waals surface area contributed by atoms with E-state index in [2.05, 4.69) is 44.1 Å². The molecular weight excluding hydrogens is 448 g/mol. The molecule has 0 aromatic heterocycles. The second kappa shape index (κ2) is 34.7. The second-order valence-corrected chi connectivity index (χ2v) is 9.93. The van der Waals surface area contributed by atoms with Gasteiger partial charge in [-0.15, -0.1) is 0 Å². The highest BCUT2D eigenvalue weighted by molar-refractivity contribution is 4.59. The highest BCUT2D eigenvalue weighted by atomic mass is 15.0. The van der Waals surface area contributed by atoms with Crippen molar-refractivity contribution in [1.82, 2.24) is 37.2 Å². The Balaban J connectivity index is 3.00. The minimum Gasteiger partial charge on any atom is -0.329 e. The summed E-state index contributed by atoms with van der Waals surface area (Å²) in [6, 6.07) is 0. The molecule has 0 aliphatic heterocycles. The van der Waals surface area contributed by atoms with Gasteiger partial charge in [0.05, 0.1) is 0 Å². The van der Waals surface area contributed by atoms with Crippen molar-refractivity contribution < 1.29 is 0 Å². The maximum Gasteiger partial charge on any atom is 0.00772 e. The van der Waals surface area contributed by atoms with Gasteiger partial charge in [-0.3, -0.25) is 0 Å². The van der Waals surface area contributed by atoms with Gasteiger partial charge >= 0.3 is 0 Å². The molecule has 0 aromatic carbocycles. The highest BCUT2D eigenvalue weighted by Gasteiger charge is 1.95. The lowest BCUT2D eigenvalue weighted by Crippen LogP contribution is -2.38. The molecule has 0 aromatic rings. The summed E-state index contributed by atoms with van der Waals surface area (Å²) in [5, 5.41) is 24.2. The fourth-order valence-corrected chi connectivity index (χ4v) is 4.13. The minimum absolute atomic E-state index is 0.707. The Kier molecular flexibility index (Phi) is 34.4. The number of hydrogen-bond acceptors (Lipinski definition) is 8. The summed E-state index contributed by atoms with van der Waals surface area (Å²) in [5.74, 6) is 0. The molecule has 0 aliphatic rings. The van der Waals surface area contributed by atoms with E-state index in [-0.39, 0.29) is 0 Å². The molecule has 8 heteroatoms. The summed E-state index contributed by atoms with van der Waals surface area (Å²) in [7, 11) is 0. The fourth-order valence-electron chi connectivity index (χ4n) is 4.13. The fraction of sp³-hybridized carbons (Fsp3) is 1.00. The second-order valence-electron chi connectivity index (χ2n) is 9.93. The van der Waals surface area contributed by atoms with E-state index in [1.54, 1.807) is 0 Å². The van der Waals surface area contributed by atoms with Crippen LogP contribution in [0.15, 0.2) is 0 Å². The Hall–Kier alpha value is -0.320. The van der Waals surface area contributed by atoms with Crippen LogP contribution in [0.1, 0.15) is 84.0 Å². The quantitative estimate of drug-likeness (QED) is 0.0626. The van der Waals surface area contributed by atoms with Gasteiger partial charge in [-0.25, -0.2) is 0 Å². The van der Waals surface area contributed by atoms with Crippen molar-refractivity contribution in [3.05, 3.63) is 0 Å². The van der Waals surface area contributed by atoms with Crippen molar-refractivity contribution >= 4 is 0 Å². The van der Waals surface area contributed by atoms with E-state index in [1.807, 2.05) is 0 Å². The SMILES string of the molecule is CCCCCCCCCCCCCCNCCNCCNCCNCCNCCNCCNCCN. The molecule has 9 N–H and O–H groups in total. The van der Waals surface area contributed by atoms with Crippen LogP contribution in [0, 0.1) is 0 Å². The Morgan fingerprint density at radius 3 is 0.861 bits per heavy atom. The molecule has 0 amide bonds. The van der Waals surface area contributed by atoms with E-state index < -0.39 is 0 Å². The number of nitrogens with one attached hydrogen (secondary N) is 7. The third-order valence-electron chi connectivity index (χ3n) is 6.40. The maximum atomic E-state index is 5.44. The standard InChI is InChI=1S/C28H66N8/c1-2-3-4-5-6-7-8-9-10-11-12-13-15-30-17-19-32-21-23-34-25-27-36-28-26-35-24-22-33-20-18-31-16-14-29/h30-36H,2-29H2,1H3. The molecule has 0 fully saturated rings. The summed E-state index contributed by atoms with van der Waals surface area (Å²) >= 11 is 0. The van der Waals surface area contributed by atoms with Crippen LogP contribution in [0.3, 0.4) is 0 Å². The van der Waals surface area contributed by atoms with E-state index >= 15 is 0 Å². The zero-order valence-electron chi connectivity index (χ0n) is 24.2. The Morgan fingerprint density at radius 1 is 0.306 bits per heavy atom. The molecule has 0 rings (SSSR count). The number of hydrogen-bond donors (Lipinski definition) is 8. The van der Waals surface area contributed by atoms with Crippen LogP contribution in [-0.2, 0) is 0 Å². The normalized spacial score (nSPS) is 11.5. The van der Waals surface area contributed by atoms with Gasteiger partial charge in [0.2, 0.25) is 0 Å². The first-order valence-corrected chi connectivity index (χ1v) is 15.6. The summed E-state index contributed by atoms with van der Waals surface area (Å²) in [6.07, 6.45) is 17.0. The van der Waals surface area contributed by atoms with Crippen LogP contribution in [0.2, 0.25) is 0 Å². The summed E-state index contributed by atoms with van der Waals surface area (Å²) in [4.78, 5) is 0. The lowest BCUT2D eigenvalue weighted by atomic mass is 10.1. The average molecular weight is 515 g/mol. The lowest BCUT2D eigenvalue weighted by Gasteiger charge is -2.09. The lowest BCUT2D eigenvalue weighted by molar-refractivity contribution is 0.528. The minimum atomic E-state index is 0.707. The predicted octanol–water partition coefficient (Wildman–Crippen LogP) is 1.77. The van der Waals surface area contributed by atoms with Crippen LogP contribution in [0.25, 0.3) is 0 Å². The summed E-state index contributed by atoms with van der Waals surface area (Å²) in [6.45, 7) is 17.3. The van der Waals surface area contributed by atoms with Gasteiger partial charge in [-0.2, -0.15) is 0 Å². The molecule has 0 heterocycles. The molecular formula is C28H66N8. The zero-order chi connectivity index (χ0) is 26.0. The molecule has 0 radical (unpaired) electrons. The average Bonchev–Trinajstić information content (AvgIpc) is 2.89. The smallest absolute Gasteiger partial charge is 0.00772 e. The van der Waals surface area contributed by atoms with E-state index in [4.69, 9.17) is 5.73 Å². The third kappa shape index (κ3) is 33.7.